The first kappa shape index (κ1) is 30.3. The number of anilines is 1. The van der Waals surface area contributed by atoms with Crippen molar-refractivity contribution in [3.8, 4) is 17.2 Å². The highest BCUT2D eigenvalue weighted by Crippen LogP contribution is 2.45. The smallest absolute Gasteiger partial charge is 0.301 e. The molecule has 2 heterocycles. The van der Waals surface area contributed by atoms with Gasteiger partial charge < -0.3 is 14.6 Å². The van der Waals surface area contributed by atoms with Crippen LogP contribution in [0.3, 0.4) is 0 Å². The summed E-state index contributed by atoms with van der Waals surface area (Å²) in [6, 6.07) is 26.0. The molecule has 1 aliphatic rings. The number of aromatic nitrogens is 2. The number of aliphatic hydroxyl groups excluding tert-OH is 1. The van der Waals surface area contributed by atoms with E-state index in [1.165, 1.54) is 35.9 Å². The first-order chi connectivity index (χ1) is 21.8. The third kappa shape index (κ3) is 6.28. The molecule has 1 saturated heterocycles. The number of rotatable bonds is 9. The van der Waals surface area contributed by atoms with Crippen molar-refractivity contribution < 1.29 is 28.6 Å². The lowest BCUT2D eigenvalue weighted by Crippen LogP contribution is -2.29. The second kappa shape index (κ2) is 13.1. The molecule has 0 spiro atoms. The number of ketones is 1. The number of aliphatic hydroxyl groups is 1. The fraction of sp³-hybridized carbons (Fsp3) is 0.0909. The van der Waals surface area contributed by atoms with Crippen LogP contribution in [0.25, 0.3) is 5.76 Å². The number of carbonyl (C=O) groups excluding carboxylic acids is 2. The fourth-order valence-corrected chi connectivity index (χ4v) is 6.95. The van der Waals surface area contributed by atoms with Gasteiger partial charge in [0.05, 0.1) is 18.7 Å². The average molecular weight is 660 g/mol. The summed E-state index contributed by atoms with van der Waals surface area (Å²) in [7, 11) is 1.32. The molecule has 5 aromatic rings. The quantitative estimate of drug-likeness (QED) is 0.0558. The normalized spacial score (nSPS) is 15.8. The fourth-order valence-electron chi connectivity index (χ4n) is 4.80. The Hall–Kier alpha value is -4.71. The highest BCUT2D eigenvalue weighted by atomic mass is 35.5. The molecule has 226 valence electrons. The zero-order valence-corrected chi connectivity index (χ0v) is 25.9. The SMILES string of the molecule is COc1ccc(C(O)=C2C(=O)C(=O)N(c3nnc(SCc4ccccc4Cl)s3)[C@@H]2c2cccc(Oc3ccccc3)c2)cc1F. The Kier molecular flexibility index (Phi) is 8.83. The van der Waals surface area contributed by atoms with E-state index in [0.717, 1.165) is 23.0 Å². The second-order valence-electron chi connectivity index (χ2n) is 9.74. The van der Waals surface area contributed by atoms with Gasteiger partial charge in [0.15, 0.2) is 15.9 Å². The first-order valence-corrected chi connectivity index (χ1v) is 15.7. The van der Waals surface area contributed by atoms with E-state index in [1.807, 2.05) is 36.4 Å². The van der Waals surface area contributed by atoms with E-state index in [0.29, 0.717) is 32.2 Å². The Morgan fingerprint density at radius 3 is 2.49 bits per heavy atom. The lowest BCUT2D eigenvalue weighted by atomic mass is 9.95. The van der Waals surface area contributed by atoms with Crippen molar-refractivity contribution in [2.45, 2.75) is 16.1 Å². The number of hydrogen-bond donors (Lipinski definition) is 1. The van der Waals surface area contributed by atoms with E-state index in [-0.39, 0.29) is 22.0 Å². The van der Waals surface area contributed by atoms with Crippen LogP contribution in [0.2, 0.25) is 5.02 Å². The van der Waals surface area contributed by atoms with Crippen molar-refractivity contribution in [2.75, 3.05) is 12.0 Å². The Morgan fingerprint density at radius 1 is 0.978 bits per heavy atom. The van der Waals surface area contributed by atoms with Crippen molar-refractivity contribution >= 4 is 57.3 Å². The van der Waals surface area contributed by atoms with Crippen LogP contribution in [0.15, 0.2) is 107 Å². The monoisotopic (exact) mass is 659 g/mol. The molecule has 1 aromatic heterocycles. The molecule has 0 unspecified atom stereocenters. The Labute approximate surface area is 270 Å². The van der Waals surface area contributed by atoms with Crippen LogP contribution in [-0.4, -0.2) is 34.1 Å². The number of Topliss-reactive ketones (excluding diaryl/α,β-unsaturated/α-hetero) is 1. The molecule has 1 N–H and O–H groups in total. The number of halogens is 2. The van der Waals surface area contributed by atoms with E-state index in [9.17, 15) is 19.1 Å². The van der Waals surface area contributed by atoms with Gasteiger partial charge in [0.25, 0.3) is 5.78 Å². The molecule has 1 aliphatic heterocycles. The van der Waals surface area contributed by atoms with Crippen LogP contribution >= 0.6 is 34.7 Å². The molecule has 0 aliphatic carbocycles. The maximum Gasteiger partial charge on any atom is 0.301 e. The lowest BCUT2D eigenvalue weighted by molar-refractivity contribution is -0.132. The van der Waals surface area contributed by atoms with E-state index in [4.69, 9.17) is 21.1 Å². The summed E-state index contributed by atoms with van der Waals surface area (Å²) in [4.78, 5) is 28.4. The van der Waals surface area contributed by atoms with Crippen LogP contribution in [-0.2, 0) is 15.3 Å². The molecule has 12 heteroatoms. The molecule has 1 amide bonds. The minimum Gasteiger partial charge on any atom is -0.507 e. The number of para-hydroxylation sites is 1. The van der Waals surface area contributed by atoms with E-state index >= 15 is 0 Å². The van der Waals surface area contributed by atoms with Gasteiger partial charge in [-0.25, -0.2) is 4.39 Å². The van der Waals surface area contributed by atoms with Gasteiger partial charge in [0.1, 0.15) is 17.3 Å². The molecule has 45 heavy (non-hydrogen) atoms. The summed E-state index contributed by atoms with van der Waals surface area (Å²) >= 11 is 8.81. The predicted molar refractivity (Wildman–Crippen MR) is 172 cm³/mol. The summed E-state index contributed by atoms with van der Waals surface area (Å²) < 4.78 is 26.2. The second-order valence-corrected chi connectivity index (χ2v) is 12.3. The van der Waals surface area contributed by atoms with Gasteiger partial charge in [-0.1, -0.05) is 83.2 Å². The third-order valence-electron chi connectivity index (χ3n) is 6.93. The number of ether oxygens (including phenoxy) is 2. The first-order valence-electron chi connectivity index (χ1n) is 13.5. The zero-order valence-electron chi connectivity index (χ0n) is 23.5. The molecule has 8 nitrogen and oxygen atoms in total. The standard InChI is InChI=1S/C33H23ClFN3O5S2/c1-42-26-15-14-20(17-25(26)35)29(39)27-28(19-9-7-12-23(16-19)43-22-10-3-2-4-11-22)38(31(41)30(27)40)32-36-37-33(45-32)44-18-21-8-5-6-13-24(21)34/h2-17,28,39H,18H2,1H3/t28-/m1/s1. The molecule has 6 rings (SSSR count). The number of hydrogen-bond acceptors (Lipinski definition) is 9. The average Bonchev–Trinajstić information content (AvgIpc) is 3.62. The summed E-state index contributed by atoms with van der Waals surface area (Å²) in [5.74, 6) is -1.66. The van der Waals surface area contributed by atoms with Crippen LogP contribution in [0.5, 0.6) is 17.2 Å². The van der Waals surface area contributed by atoms with Gasteiger partial charge in [0.2, 0.25) is 5.13 Å². The number of benzene rings is 4. The van der Waals surface area contributed by atoms with Crippen LogP contribution < -0.4 is 14.4 Å². The Bertz CT molecular complexity index is 1930. The molecule has 1 atom stereocenters. The Morgan fingerprint density at radius 2 is 1.73 bits per heavy atom. The van der Waals surface area contributed by atoms with Gasteiger partial charge in [0, 0.05) is 16.3 Å². The summed E-state index contributed by atoms with van der Waals surface area (Å²) in [5.41, 5.74) is 1.13. The number of nitrogens with zero attached hydrogens (tertiary/aromatic N) is 3. The molecular formula is C33H23ClFN3O5S2. The van der Waals surface area contributed by atoms with Gasteiger partial charge in [-0.3, -0.25) is 14.5 Å². The highest BCUT2D eigenvalue weighted by Gasteiger charge is 2.48. The van der Waals surface area contributed by atoms with Gasteiger partial charge in [-0.15, -0.1) is 10.2 Å². The summed E-state index contributed by atoms with van der Waals surface area (Å²) in [6.07, 6.45) is 0. The van der Waals surface area contributed by atoms with Gasteiger partial charge in [-0.05, 0) is 59.7 Å². The third-order valence-corrected chi connectivity index (χ3v) is 9.41. The zero-order chi connectivity index (χ0) is 31.5. The van der Waals surface area contributed by atoms with E-state index < -0.39 is 29.3 Å². The summed E-state index contributed by atoms with van der Waals surface area (Å²) in [5, 5.41) is 20.7. The molecule has 0 saturated carbocycles. The highest BCUT2D eigenvalue weighted by molar-refractivity contribution is 8.00. The molecular weight excluding hydrogens is 637 g/mol. The molecule has 0 bridgehead atoms. The number of amides is 1. The molecule has 1 fully saturated rings. The maximum absolute atomic E-state index is 14.7. The van der Waals surface area contributed by atoms with Gasteiger partial charge in [-0.2, -0.15) is 0 Å². The van der Waals surface area contributed by atoms with Crippen LogP contribution in [0.4, 0.5) is 9.52 Å². The van der Waals surface area contributed by atoms with Crippen molar-refractivity contribution in [3.63, 3.8) is 0 Å². The number of thioether (sulfide) groups is 1. The van der Waals surface area contributed by atoms with Crippen molar-refractivity contribution in [2.24, 2.45) is 0 Å². The van der Waals surface area contributed by atoms with Crippen molar-refractivity contribution in [3.05, 3.63) is 130 Å². The van der Waals surface area contributed by atoms with Gasteiger partial charge >= 0.3 is 5.91 Å². The molecule has 0 radical (unpaired) electrons. The van der Waals surface area contributed by atoms with Crippen LogP contribution in [0.1, 0.15) is 22.7 Å². The minimum atomic E-state index is -1.12. The van der Waals surface area contributed by atoms with E-state index in [2.05, 4.69) is 10.2 Å². The topological polar surface area (TPSA) is 102 Å². The van der Waals surface area contributed by atoms with Crippen molar-refractivity contribution in [1.29, 1.82) is 0 Å². The predicted octanol–water partition coefficient (Wildman–Crippen LogP) is 8.05. The molecule has 4 aromatic carbocycles. The lowest BCUT2D eigenvalue weighted by Gasteiger charge is -2.23. The van der Waals surface area contributed by atoms with Crippen molar-refractivity contribution in [1.82, 2.24) is 10.2 Å². The number of methoxy groups -OCH3 is 1. The van der Waals surface area contributed by atoms with E-state index in [1.54, 1.807) is 42.5 Å². The summed E-state index contributed by atoms with van der Waals surface area (Å²) in [6.45, 7) is 0. The number of carbonyl (C=O) groups is 2. The largest absolute Gasteiger partial charge is 0.507 e. The maximum atomic E-state index is 14.7. The van der Waals surface area contributed by atoms with Crippen LogP contribution in [0, 0.1) is 5.82 Å². The minimum absolute atomic E-state index is 0.00115. The Balaban J connectivity index is 1.41.